The Morgan fingerprint density at radius 2 is 1.92 bits per heavy atom. The fourth-order valence-corrected chi connectivity index (χ4v) is 4.85. The summed E-state index contributed by atoms with van der Waals surface area (Å²) in [6.07, 6.45) is 5.40. The van der Waals surface area contributed by atoms with Gasteiger partial charge in [-0.2, -0.15) is 0 Å². The smallest absolute Gasteiger partial charge is 0.234 e. The van der Waals surface area contributed by atoms with Crippen molar-refractivity contribution in [1.82, 2.24) is 9.97 Å². The van der Waals surface area contributed by atoms with E-state index in [1.54, 1.807) is 17.7 Å². The van der Waals surface area contributed by atoms with E-state index in [9.17, 15) is 4.79 Å². The van der Waals surface area contributed by atoms with Crippen molar-refractivity contribution in [3.05, 3.63) is 42.0 Å². The van der Waals surface area contributed by atoms with E-state index in [1.165, 1.54) is 36.7 Å². The number of thiophene rings is 1. The van der Waals surface area contributed by atoms with E-state index in [-0.39, 0.29) is 5.91 Å². The predicted molar refractivity (Wildman–Crippen MR) is 109 cm³/mol. The maximum atomic E-state index is 12.3. The molecule has 0 spiro atoms. The quantitative estimate of drug-likeness (QED) is 0.521. The summed E-state index contributed by atoms with van der Waals surface area (Å²) < 4.78 is 1.04. The second kappa shape index (κ2) is 8.05. The third kappa shape index (κ3) is 3.99. The van der Waals surface area contributed by atoms with Crippen molar-refractivity contribution in [3.8, 4) is 0 Å². The van der Waals surface area contributed by atoms with Crippen LogP contribution in [0.15, 0.2) is 47.1 Å². The van der Waals surface area contributed by atoms with Crippen LogP contribution >= 0.6 is 23.1 Å². The highest BCUT2D eigenvalue weighted by Crippen LogP contribution is 2.28. The molecule has 3 aromatic rings. The minimum atomic E-state index is -0.0240. The lowest BCUT2D eigenvalue weighted by molar-refractivity contribution is -0.113. The Bertz CT molecular complexity index is 888. The van der Waals surface area contributed by atoms with Crippen LogP contribution in [0, 0.1) is 0 Å². The molecule has 7 heteroatoms. The van der Waals surface area contributed by atoms with Crippen molar-refractivity contribution in [2.24, 2.45) is 0 Å². The molecular formula is C19H20N4OS2. The van der Waals surface area contributed by atoms with Crippen LogP contribution in [0.1, 0.15) is 19.3 Å². The van der Waals surface area contributed by atoms with E-state index in [0.717, 1.165) is 34.0 Å². The topological polar surface area (TPSA) is 58.1 Å². The summed E-state index contributed by atoms with van der Waals surface area (Å²) >= 11 is 3.05. The molecule has 0 saturated carbocycles. The van der Waals surface area contributed by atoms with Crippen LogP contribution in [0.3, 0.4) is 0 Å². The molecule has 0 aliphatic carbocycles. The highest BCUT2D eigenvalue weighted by Gasteiger charge is 2.12. The Balaban J connectivity index is 1.33. The molecule has 1 aliphatic heterocycles. The van der Waals surface area contributed by atoms with Gasteiger partial charge in [0.05, 0.1) is 16.0 Å². The summed E-state index contributed by atoms with van der Waals surface area (Å²) in [5.74, 6) is 0.307. The first-order valence-electron chi connectivity index (χ1n) is 8.75. The van der Waals surface area contributed by atoms with E-state index in [2.05, 4.69) is 32.3 Å². The second-order valence-electron chi connectivity index (χ2n) is 6.25. The first kappa shape index (κ1) is 17.3. The van der Waals surface area contributed by atoms with Crippen LogP contribution in [-0.2, 0) is 4.79 Å². The molecular weight excluding hydrogens is 364 g/mol. The Morgan fingerprint density at radius 3 is 2.73 bits per heavy atom. The minimum Gasteiger partial charge on any atom is -0.372 e. The molecule has 0 radical (unpaired) electrons. The maximum Gasteiger partial charge on any atom is 0.234 e. The number of anilines is 2. The van der Waals surface area contributed by atoms with Crippen molar-refractivity contribution in [2.45, 2.75) is 24.3 Å². The van der Waals surface area contributed by atoms with Gasteiger partial charge in [-0.15, -0.1) is 11.3 Å². The highest BCUT2D eigenvalue weighted by atomic mass is 32.2. The SMILES string of the molecule is O=C(CSc1ncnc2ccsc12)Nc1ccc(N2CCCCC2)cc1. The zero-order valence-corrected chi connectivity index (χ0v) is 16.0. The van der Waals surface area contributed by atoms with Crippen LogP contribution in [0.2, 0.25) is 0 Å². The summed E-state index contributed by atoms with van der Waals surface area (Å²) in [7, 11) is 0. The average Bonchev–Trinajstić information content (AvgIpc) is 3.17. The van der Waals surface area contributed by atoms with E-state index in [4.69, 9.17) is 0 Å². The Hall–Kier alpha value is -2.12. The first-order valence-corrected chi connectivity index (χ1v) is 10.6. The number of carbonyl (C=O) groups excluding carboxylic acids is 1. The molecule has 1 saturated heterocycles. The number of aromatic nitrogens is 2. The van der Waals surface area contributed by atoms with Crippen LogP contribution in [0.5, 0.6) is 0 Å². The normalized spacial score (nSPS) is 14.5. The number of piperidine rings is 1. The number of nitrogens with one attached hydrogen (secondary N) is 1. The molecule has 1 fully saturated rings. The molecule has 1 aromatic carbocycles. The van der Waals surface area contributed by atoms with Gasteiger partial charge in [0.2, 0.25) is 5.91 Å². The van der Waals surface area contributed by atoms with E-state index >= 15 is 0 Å². The third-order valence-corrected chi connectivity index (χ3v) is 6.45. The Morgan fingerprint density at radius 1 is 1.12 bits per heavy atom. The molecule has 5 nitrogen and oxygen atoms in total. The van der Waals surface area contributed by atoms with Crippen molar-refractivity contribution in [2.75, 3.05) is 29.1 Å². The zero-order valence-electron chi connectivity index (χ0n) is 14.4. The molecule has 1 N–H and O–H groups in total. The summed E-state index contributed by atoms with van der Waals surface area (Å²) in [6, 6.07) is 10.1. The van der Waals surface area contributed by atoms with Gasteiger partial charge in [-0.1, -0.05) is 11.8 Å². The lowest BCUT2D eigenvalue weighted by atomic mass is 10.1. The lowest BCUT2D eigenvalue weighted by Gasteiger charge is -2.28. The number of rotatable bonds is 5. The molecule has 0 unspecified atom stereocenters. The van der Waals surface area contributed by atoms with Gasteiger partial charge in [-0.05, 0) is 55.0 Å². The maximum absolute atomic E-state index is 12.3. The summed E-state index contributed by atoms with van der Waals surface area (Å²) in [6.45, 7) is 2.25. The van der Waals surface area contributed by atoms with Crippen molar-refractivity contribution >= 4 is 50.6 Å². The number of thioether (sulfide) groups is 1. The minimum absolute atomic E-state index is 0.0240. The second-order valence-corrected chi connectivity index (χ2v) is 8.13. The van der Waals surface area contributed by atoms with Crippen LogP contribution in [0.25, 0.3) is 10.2 Å². The third-order valence-electron chi connectivity index (χ3n) is 4.42. The van der Waals surface area contributed by atoms with Gasteiger partial charge in [0, 0.05) is 24.5 Å². The summed E-state index contributed by atoms with van der Waals surface area (Å²) in [5.41, 5.74) is 3.00. The summed E-state index contributed by atoms with van der Waals surface area (Å²) in [5, 5.41) is 5.82. The standard InChI is InChI=1S/C19H20N4OS2/c24-17(12-26-19-18-16(8-11-25-18)20-13-21-19)22-14-4-6-15(7-5-14)23-9-2-1-3-10-23/h4-8,11,13H,1-3,9-10,12H2,(H,22,24). The van der Waals surface area contributed by atoms with Gasteiger partial charge in [0.1, 0.15) is 11.4 Å². The van der Waals surface area contributed by atoms with Crippen molar-refractivity contribution < 1.29 is 4.79 Å². The number of benzene rings is 1. The molecule has 1 aliphatic rings. The van der Waals surface area contributed by atoms with Crippen LogP contribution in [0.4, 0.5) is 11.4 Å². The molecule has 3 heterocycles. The fraction of sp³-hybridized carbons (Fsp3) is 0.316. The first-order chi connectivity index (χ1) is 12.8. The van der Waals surface area contributed by atoms with E-state index < -0.39 is 0 Å². The van der Waals surface area contributed by atoms with Gasteiger partial charge in [-0.3, -0.25) is 4.79 Å². The summed E-state index contributed by atoms with van der Waals surface area (Å²) in [4.78, 5) is 23.2. The Labute approximate surface area is 160 Å². The van der Waals surface area contributed by atoms with Gasteiger partial charge in [0.25, 0.3) is 0 Å². The molecule has 0 bridgehead atoms. The van der Waals surface area contributed by atoms with Gasteiger partial charge in [-0.25, -0.2) is 9.97 Å². The lowest BCUT2D eigenvalue weighted by Crippen LogP contribution is -2.29. The molecule has 4 rings (SSSR count). The number of hydrogen-bond acceptors (Lipinski definition) is 6. The number of hydrogen-bond donors (Lipinski definition) is 1. The zero-order chi connectivity index (χ0) is 17.8. The molecule has 134 valence electrons. The predicted octanol–water partition coefficient (Wildman–Crippen LogP) is 4.41. The Kier molecular flexibility index (Phi) is 5.36. The largest absolute Gasteiger partial charge is 0.372 e. The van der Waals surface area contributed by atoms with Crippen LogP contribution in [-0.4, -0.2) is 34.7 Å². The highest BCUT2D eigenvalue weighted by molar-refractivity contribution is 8.00. The number of fused-ring (bicyclic) bond motifs is 1. The molecule has 0 atom stereocenters. The van der Waals surface area contributed by atoms with Crippen molar-refractivity contribution in [3.63, 3.8) is 0 Å². The van der Waals surface area contributed by atoms with Gasteiger partial charge in [0.15, 0.2) is 0 Å². The number of amides is 1. The molecule has 1 amide bonds. The fourth-order valence-electron chi connectivity index (χ4n) is 3.11. The van der Waals surface area contributed by atoms with Crippen molar-refractivity contribution in [1.29, 1.82) is 0 Å². The van der Waals surface area contributed by atoms with E-state index in [0.29, 0.717) is 5.75 Å². The number of carbonyl (C=O) groups is 1. The van der Waals surface area contributed by atoms with Crippen LogP contribution < -0.4 is 10.2 Å². The van der Waals surface area contributed by atoms with Gasteiger partial charge >= 0.3 is 0 Å². The monoisotopic (exact) mass is 384 g/mol. The average molecular weight is 385 g/mol. The number of nitrogens with zero attached hydrogens (tertiary/aromatic N) is 3. The van der Waals surface area contributed by atoms with Gasteiger partial charge < -0.3 is 10.2 Å². The molecule has 2 aromatic heterocycles. The van der Waals surface area contributed by atoms with E-state index in [1.807, 2.05) is 23.6 Å². The molecule has 26 heavy (non-hydrogen) atoms.